The van der Waals surface area contributed by atoms with E-state index in [0.717, 1.165) is 0 Å². The number of ketones is 1. The molecule has 4 atom stereocenters. The minimum atomic E-state index is -1.95. The maximum Gasteiger partial charge on any atom is 0.384 e. The Morgan fingerprint density at radius 1 is 1.18 bits per heavy atom. The van der Waals surface area contributed by atoms with Crippen LogP contribution < -0.4 is 19.3 Å². The summed E-state index contributed by atoms with van der Waals surface area (Å²) in [6.45, 7) is 7.16. The molecule has 2 N–H and O–H groups in total. The second-order valence-electron chi connectivity index (χ2n) is 11.3. The molecule has 9 nitrogen and oxygen atoms in total. The third-order valence-electron chi connectivity index (χ3n) is 7.66. The molecule has 0 bridgehead atoms. The topological polar surface area (TPSA) is 111 Å². The van der Waals surface area contributed by atoms with E-state index in [0.29, 0.717) is 33.3 Å². The molecule has 1 fully saturated rings. The molecule has 2 aromatic rings. The van der Waals surface area contributed by atoms with Gasteiger partial charge in [-0.3, -0.25) is 10.1 Å². The highest BCUT2D eigenvalue weighted by Crippen LogP contribution is 2.51. The Hall–Kier alpha value is -2.98. The molecule has 0 aliphatic carbocycles. The van der Waals surface area contributed by atoms with Crippen LogP contribution >= 0.6 is 11.6 Å². The first kappa shape index (κ1) is 29.0. The van der Waals surface area contributed by atoms with Crippen molar-refractivity contribution in [3.63, 3.8) is 0 Å². The van der Waals surface area contributed by atoms with Crippen molar-refractivity contribution >= 4 is 34.9 Å². The zero-order valence-electron chi connectivity index (χ0n) is 23.2. The lowest BCUT2D eigenvalue weighted by Crippen LogP contribution is -2.81. The highest BCUT2D eigenvalue weighted by molar-refractivity contribution is 6.30. The molecule has 39 heavy (non-hydrogen) atoms. The van der Waals surface area contributed by atoms with Crippen LogP contribution in [0.4, 0.5) is 5.69 Å². The van der Waals surface area contributed by atoms with Gasteiger partial charge >= 0.3 is 11.9 Å². The average Bonchev–Trinajstić information content (AvgIpc) is 3.30. The molecule has 0 spiro atoms. The van der Waals surface area contributed by atoms with Gasteiger partial charge in [-0.1, -0.05) is 44.5 Å². The van der Waals surface area contributed by atoms with Crippen LogP contribution in [0.2, 0.25) is 5.02 Å². The van der Waals surface area contributed by atoms with Crippen LogP contribution in [-0.2, 0) is 19.1 Å². The molecule has 210 valence electrons. The molecule has 2 aliphatic rings. The van der Waals surface area contributed by atoms with E-state index >= 15 is 0 Å². The number of aliphatic carboxylic acids is 1. The molecule has 0 aromatic heterocycles. The van der Waals surface area contributed by atoms with Gasteiger partial charge in [0, 0.05) is 34.2 Å². The predicted molar refractivity (Wildman–Crippen MR) is 147 cm³/mol. The Balaban J connectivity index is 2.13. The van der Waals surface area contributed by atoms with Gasteiger partial charge in [0.2, 0.25) is 0 Å². The Morgan fingerprint density at radius 2 is 1.90 bits per heavy atom. The number of quaternary nitrogens is 1. The molecule has 1 amide bonds. The lowest BCUT2D eigenvalue weighted by atomic mass is 9.81. The molecule has 2 aromatic carbocycles. The van der Waals surface area contributed by atoms with Crippen LogP contribution in [0.25, 0.3) is 0 Å². The Bertz CT molecular complexity index is 1310. The normalized spacial score (nSPS) is 27.0. The summed E-state index contributed by atoms with van der Waals surface area (Å²) >= 11 is 6.52. The number of carboxylic acid groups (broad SMARTS) is 1. The van der Waals surface area contributed by atoms with Crippen LogP contribution in [0.3, 0.4) is 0 Å². The minimum Gasteiger partial charge on any atom is -0.493 e. The summed E-state index contributed by atoms with van der Waals surface area (Å²) in [5.74, 6) is -2.09. The fraction of sp³-hybridized carbons (Fsp3) is 0.483. The molecule has 2 heterocycles. The van der Waals surface area contributed by atoms with E-state index in [1.54, 1.807) is 30.3 Å². The van der Waals surface area contributed by atoms with Gasteiger partial charge in [0.1, 0.15) is 23.5 Å². The number of rotatable bonds is 7. The first-order valence-electron chi connectivity index (χ1n) is 12.9. The Labute approximate surface area is 233 Å². The first-order chi connectivity index (χ1) is 18.3. The van der Waals surface area contributed by atoms with E-state index in [1.807, 2.05) is 26.8 Å². The van der Waals surface area contributed by atoms with Gasteiger partial charge in [0.15, 0.2) is 18.1 Å². The number of nitrogens with zero attached hydrogens (tertiary/aromatic N) is 1. The zero-order valence-corrected chi connectivity index (χ0v) is 23.9. The van der Waals surface area contributed by atoms with Crippen molar-refractivity contribution in [1.29, 1.82) is 0 Å². The Morgan fingerprint density at radius 3 is 2.49 bits per heavy atom. The molecule has 2 aliphatic heterocycles. The fourth-order valence-electron chi connectivity index (χ4n) is 6.37. The van der Waals surface area contributed by atoms with Gasteiger partial charge in [0.05, 0.1) is 20.8 Å². The number of carboxylic acids is 1. The van der Waals surface area contributed by atoms with Crippen LogP contribution in [0.1, 0.15) is 51.3 Å². The third kappa shape index (κ3) is 4.61. The van der Waals surface area contributed by atoms with Crippen LogP contribution in [-0.4, -0.2) is 62.3 Å². The Kier molecular flexibility index (Phi) is 7.84. The molecular formula is C29H36ClN2O7+. The van der Waals surface area contributed by atoms with Crippen molar-refractivity contribution in [3.05, 3.63) is 52.5 Å². The van der Waals surface area contributed by atoms with E-state index in [1.165, 1.54) is 21.1 Å². The van der Waals surface area contributed by atoms with Gasteiger partial charge < -0.3 is 19.3 Å². The summed E-state index contributed by atoms with van der Waals surface area (Å²) in [7, 11) is 3.04. The maximum atomic E-state index is 14.5. The van der Waals surface area contributed by atoms with E-state index in [-0.39, 0.29) is 25.3 Å². The number of methoxy groups -OCH3 is 2. The largest absolute Gasteiger partial charge is 0.493 e. The zero-order chi connectivity index (χ0) is 28.8. The van der Waals surface area contributed by atoms with E-state index in [2.05, 4.69) is 5.32 Å². The molecular weight excluding hydrogens is 524 g/mol. The summed E-state index contributed by atoms with van der Waals surface area (Å²) in [5, 5.41) is 14.5. The summed E-state index contributed by atoms with van der Waals surface area (Å²) in [4.78, 5) is 40.9. The second-order valence-corrected chi connectivity index (χ2v) is 11.8. The highest BCUT2D eigenvalue weighted by atomic mass is 35.5. The van der Waals surface area contributed by atoms with Crippen molar-refractivity contribution in [1.82, 2.24) is 9.80 Å². The maximum absolute atomic E-state index is 14.5. The van der Waals surface area contributed by atoms with Gasteiger partial charge in [-0.2, -0.15) is 4.48 Å². The van der Waals surface area contributed by atoms with Gasteiger partial charge in [-0.15, -0.1) is 0 Å². The number of ether oxygens (including phenoxy) is 3. The SMILES string of the molecule is COc1cccc(C2OCC(=O)[N@@+](CC(C)(C)C)([C@@]3(C(=O)O)NCC[C@@H]3C(C)=O)c3ccc(Cl)cc32)c1OC. The summed E-state index contributed by atoms with van der Waals surface area (Å²) < 4.78 is 16.9. The summed E-state index contributed by atoms with van der Waals surface area (Å²) in [5.41, 5.74) is -0.963. The van der Waals surface area contributed by atoms with Gasteiger partial charge in [-0.25, -0.2) is 9.59 Å². The fourth-order valence-corrected chi connectivity index (χ4v) is 6.55. The van der Waals surface area contributed by atoms with Crippen molar-refractivity contribution in [2.75, 3.05) is 33.9 Å². The molecule has 1 unspecified atom stereocenters. The molecule has 1 saturated heterocycles. The van der Waals surface area contributed by atoms with E-state index in [4.69, 9.17) is 25.8 Å². The number of amides is 1. The smallest absolute Gasteiger partial charge is 0.384 e. The van der Waals surface area contributed by atoms with Gasteiger partial charge in [0.25, 0.3) is 5.66 Å². The molecule has 0 radical (unpaired) electrons. The van der Waals surface area contributed by atoms with E-state index < -0.39 is 46.1 Å². The first-order valence-corrected chi connectivity index (χ1v) is 13.2. The lowest BCUT2D eigenvalue weighted by molar-refractivity contribution is -0.168. The van der Waals surface area contributed by atoms with Crippen LogP contribution in [0, 0.1) is 11.3 Å². The number of halogens is 1. The summed E-state index contributed by atoms with van der Waals surface area (Å²) in [6, 6.07) is 10.4. The summed E-state index contributed by atoms with van der Waals surface area (Å²) in [6.07, 6.45) is -0.550. The third-order valence-corrected chi connectivity index (χ3v) is 7.90. The average molecular weight is 560 g/mol. The molecule has 0 saturated carbocycles. The highest BCUT2D eigenvalue weighted by Gasteiger charge is 2.71. The number of carbonyl (C=O) groups is 3. The predicted octanol–water partition coefficient (Wildman–Crippen LogP) is 4.34. The van der Waals surface area contributed by atoms with Crippen LogP contribution in [0.5, 0.6) is 11.5 Å². The number of Topliss-reactive ketones (excluding diaryl/α,β-unsaturated/α-hetero) is 1. The van der Waals surface area contributed by atoms with E-state index in [9.17, 15) is 19.5 Å². The molecule has 10 heteroatoms. The second kappa shape index (κ2) is 10.5. The monoisotopic (exact) mass is 559 g/mol. The number of fused-ring (bicyclic) bond motifs is 1. The number of hydrogen-bond acceptors (Lipinski definition) is 7. The van der Waals surface area contributed by atoms with Crippen molar-refractivity contribution in [3.8, 4) is 11.5 Å². The molecule has 4 rings (SSSR count). The standard InChI is InChI=1S/C29H35ClN2O7/c1-17(33)21-12-13-31-29(21,27(35)36)32(16-28(2,3)4)22-11-10-18(30)14-20(22)25(39-15-24(32)34)19-8-7-9-23(37-5)26(19)38-6/h7-11,14,21,25,31H,12-13,15-16H2,1-6H3/p+1/t21-,25?,29+,32+/m1/s1. The number of benzene rings is 2. The number of nitrogens with one attached hydrogen (secondary N) is 1. The van der Waals surface area contributed by atoms with Crippen molar-refractivity contribution in [2.24, 2.45) is 11.3 Å². The lowest BCUT2D eigenvalue weighted by Gasteiger charge is -2.50. The van der Waals surface area contributed by atoms with Gasteiger partial charge in [-0.05, 0) is 31.5 Å². The number of carbonyl (C=O) groups excluding carboxylic acids is 2. The van der Waals surface area contributed by atoms with Crippen molar-refractivity contribution < 1.29 is 33.7 Å². The quantitative estimate of drug-likeness (QED) is 0.482. The van der Waals surface area contributed by atoms with Crippen LogP contribution in [0.15, 0.2) is 36.4 Å². The van der Waals surface area contributed by atoms with Crippen molar-refractivity contribution in [2.45, 2.75) is 45.9 Å². The number of hydrogen-bond donors (Lipinski definition) is 2. The minimum absolute atomic E-state index is 0.0921. The number of para-hydroxylation sites is 1.